The SMILES string of the molecule is CCCC1NC(CC(C)C)N(CCC(C)SC)C1=O. The van der Waals surface area contributed by atoms with Gasteiger partial charge >= 0.3 is 0 Å². The lowest BCUT2D eigenvalue weighted by Crippen LogP contribution is -2.39. The summed E-state index contributed by atoms with van der Waals surface area (Å²) in [6.07, 6.45) is 6.55. The van der Waals surface area contributed by atoms with Gasteiger partial charge in [-0.3, -0.25) is 10.1 Å². The predicted octanol–water partition coefficient (Wildman–Crippen LogP) is 3.10. The van der Waals surface area contributed by atoms with Crippen molar-refractivity contribution in [1.82, 2.24) is 10.2 Å². The fraction of sp³-hybridized carbons (Fsp3) is 0.933. The molecule has 0 aliphatic carbocycles. The quantitative estimate of drug-likeness (QED) is 0.744. The largest absolute Gasteiger partial charge is 0.326 e. The highest BCUT2D eigenvalue weighted by Crippen LogP contribution is 2.21. The lowest BCUT2D eigenvalue weighted by atomic mass is 10.1. The Morgan fingerprint density at radius 2 is 2.05 bits per heavy atom. The van der Waals surface area contributed by atoms with Gasteiger partial charge in [0, 0.05) is 11.8 Å². The molecule has 1 amide bonds. The molecule has 1 heterocycles. The Kier molecular flexibility index (Phi) is 7.22. The third-order valence-electron chi connectivity index (χ3n) is 3.80. The molecule has 0 aromatic carbocycles. The molecule has 1 rings (SSSR count). The summed E-state index contributed by atoms with van der Waals surface area (Å²) < 4.78 is 0. The maximum Gasteiger partial charge on any atom is 0.241 e. The second-order valence-electron chi connectivity index (χ2n) is 6.02. The number of hydrogen-bond acceptors (Lipinski definition) is 3. The summed E-state index contributed by atoms with van der Waals surface area (Å²) >= 11 is 1.88. The summed E-state index contributed by atoms with van der Waals surface area (Å²) in [5.41, 5.74) is 0. The van der Waals surface area contributed by atoms with Crippen molar-refractivity contribution in [3.63, 3.8) is 0 Å². The van der Waals surface area contributed by atoms with Gasteiger partial charge < -0.3 is 4.90 Å². The Balaban J connectivity index is 2.62. The van der Waals surface area contributed by atoms with E-state index in [1.807, 2.05) is 11.8 Å². The molecule has 1 aliphatic heterocycles. The maximum absolute atomic E-state index is 12.4. The fourth-order valence-corrected chi connectivity index (χ4v) is 2.93. The smallest absolute Gasteiger partial charge is 0.241 e. The van der Waals surface area contributed by atoms with Gasteiger partial charge in [-0.1, -0.05) is 34.1 Å². The molecular weight excluding hydrogens is 256 g/mol. The topological polar surface area (TPSA) is 32.3 Å². The first-order valence-corrected chi connectivity index (χ1v) is 8.87. The zero-order valence-corrected chi connectivity index (χ0v) is 13.9. The normalized spacial score (nSPS) is 25.4. The third-order valence-corrected chi connectivity index (χ3v) is 4.84. The first-order chi connectivity index (χ1) is 8.99. The van der Waals surface area contributed by atoms with E-state index in [0.29, 0.717) is 17.1 Å². The number of nitrogens with zero attached hydrogens (tertiary/aromatic N) is 1. The van der Waals surface area contributed by atoms with Crippen molar-refractivity contribution in [2.75, 3.05) is 12.8 Å². The van der Waals surface area contributed by atoms with E-state index in [4.69, 9.17) is 0 Å². The first kappa shape index (κ1) is 16.8. The van der Waals surface area contributed by atoms with Crippen LogP contribution in [0.3, 0.4) is 0 Å². The average molecular weight is 286 g/mol. The molecule has 3 unspecified atom stereocenters. The molecule has 1 saturated heterocycles. The number of carbonyl (C=O) groups is 1. The van der Waals surface area contributed by atoms with Crippen LogP contribution in [0.15, 0.2) is 0 Å². The molecule has 19 heavy (non-hydrogen) atoms. The van der Waals surface area contributed by atoms with Crippen LogP contribution in [0.2, 0.25) is 0 Å². The van der Waals surface area contributed by atoms with Crippen LogP contribution in [0.1, 0.15) is 53.4 Å². The van der Waals surface area contributed by atoms with E-state index in [1.54, 1.807) is 0 Å². The van der Waals surface area contributed by atoms with Crippen LogP contribution in [-0.2, 0) is 4.79 Å². The van der Waals surface area contributed by atoms with Crippen LogP contribution in [0.4, 0.5) is 0 Å². The van der Waals surface area contributed by atoms with Crippen molar-refractivity contribution in [2.24, 2.45) is 5.92 Å². The minimum Gasteiger partial charge on any atom is -0.326 e. The van der Waals surface area contributed by atoms with Crippen molar-refractivity contribution < 1.29 is 4.79 Å². The van der Waals surface area contributed by atoms with E-state index in [-0.39, 0.29) is 12.2 Å². The monoisotopic (exact) mass is 286 g/mol. The standard InChI is InChI=1S/C15H30N2OS/c1-6-7-13-15(18)17(9-8-12(4)19-5)14(16-13)10-11(2)3/h11-14,16H,6-10H2,1-5H3. The molecule has 1 aliphatic rings. The highest BCUT2D eigenvalue weighted by atomic mass is 32.2. The minimum atomic E-state index is 0.0540. The van der Waals surface area contributed by atoms with Crippen molar-refractivity contribution in [2.45, 2.75) is 70.8 Å². The summed E-state index contributed by atoms with van der Waals surface area (Å²) in [7, 11) is 0. The molecule has 112 valence electrons. The summed E-state index contributed by atoms with van der Waals surface area (Å²) in [6.45, 7) is 9.72. The maximum atomic E-state index is 12.4. The second kappa shape index (κ2) is 8.15. The molecule has 0 radical (unpaired) electrons. The molecule has 0 aromatic heterocycles. The average Bonchev–Trinajstić information content (AvgIpc) is 2.63. The summed E-state index contributed by atoms with van der Waals surface area (Å²) in [6, 6.07) is 0.0540. The van der Waals surface area contributed by atoms with Gasteiger partial charge in [-0.05, 0) is 31.4 Å². The number of nitrogens with one attached hydrogen (secondary N) is 1. The minimum absolute atomic E-state index is 0.0540. The van der Waals surface area contributed by atoms with Gasteiger partial charge in [-0.15, -0.1) is 0 Å². The van der Waals surface area contributed by atoms with E-state index in [1.165, 1.54) is 0 Å². The molecule has 1 fully saturated rings. The Bertz CT molecular complexity index is 283. The van der Waals surface area contributed by atoms with E-state index < -0.39 is 0 Å². The van der Waals surface area contributed by atoms with Gasteiger partial charge in [-0.2, -0.15) is 11.8 Å². The molecule has 1 N–H and O–H groups in total. The molecule has 0 saturated carbocycles. The third kappa shape index (κ3) is 4.99. The number of carbonyl (C=O) groups excluding carboxylic acids is 1. The van der Waals surface area contributed by atoms with Crippen LogP contribution in [-0.4, -0.2) is 41.1 Å². The van der Waals surface area contributed by atoms with Crippen molar-refractivity contribution >= 4 is 17.7 Å². The van der Waals surface area contributed by atoms with E-state index in [9.17, 15) is 4.79 Å². The highest BCUT2D eigenvalue weighted by Gasteiger charge is 2.37. The summed E-state index contributed by atoms with van der Waals surface area (Å²) in [5, 5.41) is 4.16. The Labute approximate surface area is 122 Å². The van der Waals surface area contributed by atoms with Crippen LogP contribution >= 0.6 is 11.8 Å². The van der Waals surface area contributed by atoms with Crippen molar-refractivity contribution in [3.8, 4) is 0 Å². The zero-order valence-electron chi connectivity index (χ0n) is 13.1. The van der Waals surface area contributed by atoms with Crippen LogP contribution in [0.5, 0.6) is 0 Å². The number of hydrogen-bond donors (Lipinski definition) is 1. The van der Waals surface area contributed by atoms with Gasteiger partial charge in [0.1, 0.15) is 0 Å². The highest BCUT2D eigenvalue weighted by molar-refractivity contribution is 7.99. The molecule has 3 nitrogen and oxygen atoms in total. The Morgan fingerprint density at radius 1 is 1.37 bits per heavy atom. The fourth-order valence-electron chi connectivity index (χ4n) is 2.59. The van der Waals surface area contributed by atoms with Gasteiger partial charge in [0.25, 0.3) is 0 Å². The number of rotatable bonds is 8. The molecule has 0 spiro atoms. The number of amides is 1. The van der Waals surface area contributed by atoms with E-state index >= 15 is 0 Å². The Hall–Kier alpha value is -0.220. The van der Waals surface area contributed by atoms with Gasteiger partial charge in [0.05, 0.1) is 12.2 Å². The van der Waals surface area contributed by atoms with Gasteiger partial charge in [0.15, 0.2) is 0 Å². The van der Waals surface area contributed by atoms with Crippen molar-refractivity contribution in [3.05, 3.63) is 0 Å². The van der Waals surface area contributed by atoms with Crippen LogP contribution < -0.4 is 5.32 Å². The lowest BCUT2D eigenvalue weighted by Gasteiger charge is -2.26. The van der Waals surface area contributed by atoms with E-state index in [0.717, 1.165) is 32.2 Å². The Morgan fingerprint density at radius 3 is 2.58 bits per heavy atom. The molecule has 4 heteroatoms. The molecule has 3 atom stereocenters. The second-order valence-corrected chi connectivity index (χ2v) is 7.30. The van der Waals surface area contributed by atoms with E-state index in [2.05, 4.69) is 44.2 Å². The van der Waals surface area contributed by atoms with Crippen LogP contribution in [0, 0.1) is 5.92 Å². The van der Waals surface area contributed by atoms with Gasteiger partial charge in [-0.25, -0.2) is 0 Å². The van der Waals surface area contributed by atoms with Crippen LogP contribution in [0.25, 0.3) is 0 Å². The lowest BCUT2D eigenvalue weighted by molar-refractivity contribution is -0.130. The van der Waals surface area contributed by atoms with Crippen molar-refractivity contribution in [1.29, 1.82) is 0 Å². The molecule has 0 aromatic rings. The molecule has 0 bridgehead atoms. The summed E-state index contributed by atoms with van der Waals surface area (Å²) in [4.78, 5) is 14.5. The summed E-state index contributed by atoms with van der Waals surface area (Å²) in [5.74, 6) is 0.937. The number of thioether (sulfide) groups is 1. The predicted molar refractivity (Wildman–Crippen MR) is 84.4 cm³/mol. The first-order valence-electron chi connectivity index (χ1n) is 7.58. The zero-order chi connectivity index (χ0) is 14.4. The molecular formula is C15H30N2OS. The van der Waals surface area contributed by atoms with Gasteiger partial charge in [0.2, 0.25) is 5.91 Å².